The second-order valence-corrected chi connectivity index (χ2v) is 7.55. The maximum Gasteiger partial charge on any atom is 0.326 e. The van der Waals surface area contributed by atoms with Gasteiger partial charge in [-0.15, -0.1) is 0 Å². The summed E-state index contributed by atoms with van der Waals surface area (Å²) in [4.78, 5) is 66.6. The van der Waals surface area contributed by atoms with Crippen LogP contribution in [0, 0.1) is 5.92 Å². The van der Waals surface area contributed by atoms with Crippen molar-refractivity contribution in [2.45, 2.75) is 64.2 Å². The number of hydrogen-bond acceptors (Lipinski definition) is 7. The number of imidazole rings is 1. The van der Waals surface area contributed by atoms with Crippen molar-refractivity contribution in [1.82, 2.24) is 25.9 Å². The van der Waals surface area contributed by atoms with E-state index in [0.717, 1.165) is 0 Å². The molecule has 0 spiro atoms. The maximum absolute atomic E-state index is 12.6. The maximum atomic E-state index is 12.6. The van der Waals surface area contributed by atoms with Crippen molar-refractivity contribution in [2.24, 2.45) is 17.4 Å². The van der Waals surface area contributed by atoms with Gasteiger partial charge in [-0.1, -0.05) is 20.3 Å². The first kappa shape index (κ1) is 26.6. The summed E-state index contributed by atoms with van der Waals surface area (Å²) in [5.41, 5.74) is 11.5. The molecule has 0 radical (unpaired) electrons. The van der Waals surface area contributed by atoms with Crippen LogP contribution in [0.3, 0.4) is 0 Å². The fraction of sp³-hybridized carbons (Fsp3) is 0.579. The first-order valence-corrected chi connectivity index (χ1v) is 10.1. The van der Waals surface area contributed by atoms with Gasteiger partial charge in [0.05, 0.1) is 18.8 Å². The number of carbonyl (C=O) groups excluding carboxylic acids is 4. The van der Waals surface area contributed by atoms with Gasteiger partial charge in [0.1, 0.15) is 18.1 Å². The van der Waals surface area contributed by atoms with E-state index in [9.17, 15) is 29.1 Å². The van der Waals surface area contributed by atoms with Crippen LogP contribution in [0.4, 0.5) is 0 Å². The lowest BCUT2D eigenvalue weighted by Crippen LogP contribution is -2.57. The summed E-state index contributed by atoms with van der Waals surface area (Å²) in [6, 6.07) is -4.67. The van der Waals surface area contributed by atoms with Gasteiger partial charge in [-0.2, -0.15) is 0 Å². The minimum atomic E-state index is -1.34. The van der Waals surface area contributed by atoms with Crippen LogP contribution in [0.25, 0.3) is 0 Å². The average molecular weight is 454 g/mol. The third kappa shape index (κ3) is 8.34. The second-order valence-electron chi connectivity index (χ2n) is 7.55. The fourth-order valence-electron chi connectivity index (χ4n) is 2.68. The highest BCUT2D eigenvalue weighted by Crippen LogP contribution is 2.06. The van der Waals surface area contributed by atoms with Crippen molar-refractivity contribution < 1.29 is 29.1 Å². The van der Waals surface area contributed by atoms with Crippen LogP contribution >= 0.6 is 0 Å². The Morgan fingerprint density at radius 1 is 1.06 bits per heavy atom. The van der Waals surface area contributed by atoms with Gasteiger partial charge in [0.15, 0.2) is 0 Å². The smallest absolute Gasteiger partial charge is 0.326 e. The molecule has 1 aromatic rings. The number of carboxylic acid groups (broad SMARTS) is 1. The molecular formula is C19H31N7O6. The van der Waals surface area contributed by atoms with Gasteiger partial charge in [0.2, 0.25) is 23.6 Å². The molecule has 1 rings (SSSR count). The minimum absolute atomic E-state index is 0.0460. The number of hydrogen-bond donors (Lipinski definition) is 7. The molecule has 1 aromatic heterocycles. The van der Waals surface area contributed by atoms with Crippen molar-refractivity contribution >= 4 is 29.6 Å². The van der Waals surface area contributed by atoms with Crippen LogP contribution in [0.2, 0.25) is 0 Å². The van der Waals surface area contributed by atoms with Crippen molar-refractivity contribution in [3.63, 3.8) is 0 Å². The number of nitrogens with two attached hydrogens (primary N) is 2. The third-order valence-electron chi connectivity index (χ3n) is 4.94. The topological polar surface area (TPSA) is 222 Å². The van der Waals surface area contributed by atoms with Crippen LogP contribution < -0.4 is 27.4 Å². The molecule has 0 saturated carbocycles. The molecule has 178 valence electrons. The van der Waals surface area contributed by atoms with Crippen LogP contribution in [0.1, 0.15) is 39.3 Å². The van der Waals surface area contributed by atoms with Crippen molar-refractivity contribution in [2.75, 3.05) is 0 Å². The van der Waals surface area contributed by atoms with Crippen LogP contribution in [0.15, 0.2) is 12.5 Å². The van der Waals surface area contributed by atoms with E-state index >= 15 is 0 Å². The summed E-state index contributed by atoms with van der Waals surface area (Å²) in [6.07, 6.45) is 2.88. The molecule has 32 heavy (non-hydrogen) atoms. The number of carboxylic acids is 1. The van der Waals surface area contributed by atoms with Gasteiger partial charge in [0, 0.05) is 18.3 Å². The minimum Gasteiger partial charge on any atom is -0.480 e. The van der Waals surface area contributed by atoms with Crippen molar-refractivity contribution in [3.8, 4) is 0 Å². The molecule has 0 fully saturated rings. The van der Waals surface area contributed by atoms with E-state index in [1.807, 2.05) is 6.92 Å². The molecule has 4 amide bonds. The van der Waals surface area contributed by atoms with Gasteiger partial charge in [-0.05, 0) is 12.8 Å². The molecule has 0 saturated heterocycles. The van der Waals surface area contributed by atoms with Crippen LogP contribution in [-0.2, 0) is 30.4 Å². The monoisotopic (exact) mass is 453 g/mol. The highest BCUT2D eigenvalue weighted by atomic mass is 16.4. The summed E-state index contributed by atoms with van der Waals surface area (Å²) < 4.78 is 0. The molecule has 0 aromatic carbocycles. The van der Waals surface area contributed by atoms with E-state index in [1.165, 1.54) is 19.4 Å². The number of amides is 4. The quantitative estimate of drug-likeness (QED) is 0.172. The fourth-order valence-corrected chi connectivity index (χ4v) is 2.68. The first-order chi connectivity index (χ1) is 15.0. The molecule has 0 aliphatic heterocycles. The van der Waals surface area contributed by atoms with E-state index in [2.05, 4.69) is 25.9 Å². The van der Waals surface area contributed by atoms with Crippen molar-refractivity contribution in [1.29, 1.82) is 0 Å². The van der Waals surface area contributed by atoms with Gasteiger partial charge in [-0.25, -0.2) is 9.78 Å². The van der Waals surface area contributed by atoms with E-state index in [-0.39, 0.29) is 12.3 Å². The largest absolute Gasteiger partial charge is 0.480 e. The number of H-pyrrole nitrogens is 1. The molecule has 9 N–H and O–H groups in total. The number of nitrogens with zero attached hydrogens (tertiary/aromatic N) is 1. The lowest BCUT2D eigenvalue weighted by molar-refractivity contribution is -0.142. The Morgan fingerprint density at radius 2 is 1.69 bits per heavy atom. The number of nitrogens with one attached hydrogen (secondary N) is 4. The highest BCUT2D eigenvalue weighted by Gasteiger charge is 2.30. The number of aliphatic carboxylic acids is 1. The summed E-state index contributed by atoms with van der Waals surface area (Å²) in [7, 11) is 0. The Kier molecular flexibility index (Phi) is 10.3. The second kappa shape index (κ2) is 12.4. The van der Waals surface area contributed by atoms with Crippen molar-refractivity contribution in [3.05, 3.63) is 18.2 Å². The summed E-state index contributed by atoms with van der Waals surface area (Å²) in [5, 5.41) is 16.4. The predicted octanol–water partition coefficient (Wildman–Crippen LogP) is -2.24. The highest BCUT2D eigenvalue weighted by molar-refractivity contribution is 5.96. The summed E-state index contributed by atoms with van der Waals surface area (Å²) in [5.74, 6) is -4.53. The molecule has 5 atom stereocenters. The summed E-state index contributed by atoms with van der Waals surface area (Å²) in [6.45, 7) is 4.95. The molecule has 0 bridgehead atoms. The third-order valence-corrected chi connectivity index (χ3v) is 4.94. The summed E-state index contributed by atoms with van der Waals surface area (Å²) >= 11 is 0. The standard InChI is InChI=1S/C19H31N7O6/c1-4-9(2)15(21)18(30)25-12(6-14(20)27)17(29)24-10(3)16(28)26-13(19(31)32)5-11-7-22-8-23-11/h7-10,12-13,15H,4-6,21H2,1-3H3,(H2,20,27)(H,22,23)(H,24,29)(H,25,30)(H,26,28)(H,31,32). The Hall–Kier alpha value is -3.48. The van der Waals surface area contributed by atoms with Crippen LogP contribution in [-0.4, -0.2) is 68.8 Å². The van der Waals surface area contributed by atoms with Gasteiger partial charge in [0.25, 0.3) is 0 Å². The van der Waals surface area contributed by atoms with Gasteiger partial charge in [-0.3, -0.25) is 19.2 Å². The van der Waals surface area contributed by atoms with E-state index in [4.69, 9.17) is 11.5 Å². The molecular weight excluding hydrogens is 422 g/mol. The number of primary amides is 1. The first-order valence-electron chi connectivity index (χ1n) is 10.1. The number of aromatic nitrogens is 2. The van der Waals surface area contributed by atoms with E-state index in [1.54, 1.807) is 6.92 Å². The molecule has 5 unspecified atom stereocenters. The SMILES string of the molecule is CCC(C)C(N)C(=O)NC(CC(N)=O)C(=O)NC(C)C(=O)NC(Cc1cnc[nH]1)C(=O)O. The zero-order valence-corrected chi connectivity index (χ0v) is 18.3. The Labute approximate surface area is 185 Å². The molecule has 1 heterocycles. The van der Waals surface area contributed by atoms with E-state index in [0.29, 0.717) is 12.1 Å². The number of aromatic amines is 1. The lowest BCUT2D eigenvalue weighted by Gasteiger charge is -2.24. The number of rotatable bonds is 13. The molecule has 0 aliphatic carbocycles. The normalized spacial score (nSPS) is 15.5. The average Bonchev–Trinajstić information content (AvgIpc) is 3.23. The van der Waals surface area contributed by atoms with Crippen LogP contribution in [0.5, 0.6) is 0 Å². The Balaban J connectivity index is 2.78. The zero-order valence-electron chi connectivity index (χ0n) is 18.3. The Morgan fingerprint density at radius 3 is 2.19 bits per heavy atom. The number of carbonyl (C=O) groups is 5. The zero-order chi connectivity index (χ0) is 24.4. The van der Waals surface area contributed by atoms with E-state index < -0.39 is 60.2 Å². The van der Waals surface area contributed by atoms with Gasteiger partial charge < -0.3 is 37.5 Å². The lowest BCUT2D eigenvalue weighted by atomic mass is 9.99. The predicted molar refractivity (Wildman–Crippen MR) is 113 cm³/mol. The molecule has 0 aliphatic rings. The van der Waals surface area contributed by atoms with Gasteiger partial charge >= 0.3 is 5.97 Å². The Bertz CT molecular complexity index is 813. The molecule has 13 nitrogen and oxygen atoms in total. The molecule has 13 heteroatoms.